The Bertz CT molecular complexity index is 1050. The average molecular weight is 484 g/mol. The van der Waals surface area contributed by atoms with Gasteiger partial charge in [0.1, 0.15) is 0 Å². The largest absolute Gasteiger partial charge is 0.327 e. The van der Waals surface area contributed by atoms with Crippen LogP contribution in [-0.2, 0) is 6.54 Å². The van der Waals surface area contributed by atoms with E-state index in [0.29, 0.717) is 35.3 Å². The molecule has 182 valence electrons. The first-order chi connectivity index (χ1) is 16.2. The molecule has 7 nitrogen and oxygen atoms in total. The quantitative estimate of drug-likeness (QED) is 0.653. The molecule has 1 aromatic heterocycles. The van der Waals surface area contributed by atoms with Crippen LogP contribution in [-0.4, -0.2) is 70.9 Å². The van der Waals surface area contributed by atoms with Crippen LogP contribution in [0.1, 0.15) is 46.9 Å². The van der Waals surface area contributed by atoms with Crippen LogP contribution in [0.5, 0.6) is 0 Å². The fourth-order valence-electron chi connectivity index (χ4n) is 4.51. The van der Waals surface area contributed by atoms with Gasteiger partial charge in [0.25, 0.3) is 5.91 Å². The molecule has 2 aromatic rings. The van der Waals surface area contributed by atoms with Crippen LogP contribution < -0.4 is 5.32 Å². The number of pyridine rings is 1. The number of nitrogens with one attached hydrogen (secondary N) is 1. The first-order valence-electron chi connectivity index (χ1n) is 12.0. The number of urea groups is 1. The van der Waals surface area contributed by atoms with Gasteiger partial charge in [-0.15, -0.1) is 0 Å². The number of hydrogen-bond donors (Lipinski definition) is 1. The minimum atomic E-state index is -0.208. The predicted molar refractivity (Wildman–Crippen MR) is 135 cm³/mol. The molecule has 0 bridgehead atoms. The molecule has 3 amide bonds. The van der Waals surface area contributed by atoms with Gasteiger partial charge < -0.3 is 15.1 Å². The van der Waals surface area contributed by atoms with Gasteiger partial charge in [-0.05, 0) is 74.9 Å². The maximum atomic E-state index is 12.9. The molecule has 1 atom stereocenters. The highest BCUT2D eigenvalue weighted by atomic mass is 35.5. The van der Waals surface area contributed by atoms with Crippen LogP contribution in [0.2, 0.25) is 5.02 Å². The van der Waals surface area contributed by atoms with Crippen molar-refractivity contribution < 1.29 is 9.59 Å². The van der Waals surface area contributed by atoms with E-state index in [4.69, 9.17) is 11.6 Å². The fraction of sp³-hybridized carbons (Fsp3) is 0.500. The van der Waals surface area contributed by atoms with E-state index in [9.17, 15) is 9.59 Å². The zero-order valence-electron chi connectivity index (χ0n) is 20.5. The maximum absolute atomic E-state index is 12.9. The van der Waals surface area contributed by atoms with Gasteiger partial charge >= 0.3 is 6.03 Å². The number of benzene rings is 1. The molecule has 0 radical (unpaired) electrons. The lowest BCUT2D eigenvalue weighted by atomic mass is 10.0. The molecule has 1 saturated heterocycles. The molecule has 34 heavy (non-hydrogen) atoms. The Morgan fingerprint density at radius 2 is 1.97 bits per heavy atom. The molecule has 1 saturated carbocycles. The third-order valence-corrected chi connectivity index (χ3v) is 7.03. The fourth-order valence-corrected chi connectivity index (χ4v) is 4.75. The average Bonchev–Trinajstić information content (AvgIpc) is 3.61. The van der Waals surface area contributed by atoms with Crippen molar-refractivity contribution in [3.8, 4) is 0 Å². The summed E-state index contributed by atoms with van der Waals surface area (Å²) < 4.78 is 0. The Kier molecular flexibility index (Phi) is 7.43. The van der Waals surface area contributed by atoms with Crippen molar-refractivity contribution in [2.75, 3.05) is 38.5 Å². The molecule has 1 aliphatic carbocycles. The van der Waals surface area contributed by atoms with E-state index in [-0.39, 0.29) is 18.0 Å². The molecule has 2 fully saturated rings. The van der Waals surface area contributed by atoms with Crippen molar-refractivity contribution in [1.29, 1.82) is 0 Å². The smallest absolute Gasteiger partial charge is 0.320 e. The number of carbonyl (C=O) groups excluding carboxylic acids is 2. The number of aryl methyl sites for hydroxylation is 1. The Morgan fingerprint density at radius 1 is 1.21 bits per heavy atom. The van der Waals surface area contributed by atoms with Gasteiger partial charge in [-0.3, -0.25) is 14.7 Å². The molecular weight excluding hydrogens is 450 g/mol. The summed E-state index contributed by atoms with van der Waals surface area (Å²) in [7, 11) is 1.91. The zero-order chi connectivity index (χ0) is 24.4. The van der Waals surface area contributed by atoms with Gasteiger partial charge in [0.2, 0.25) is 0 Å². The Labute approximate surface area is 207 Å². The van der Waals surface area contributed by atoms with Gasteiger partial charge in [0.15, 0.2) is 0 Å². The van der Waals surface area contributed by atoms with E-state index in [1.54, 1.807) is 18.3 Å². The molecule has 0 spiro atoms. The monoisotopic (exact) mass is 483 g/mol. The standard InChI is InChI=1S/C26H34ClN5O2/c1-17-5-8-21(13-28-17)25(33)29-24-12-23(27)11-22(19(24)3)16-31-9-10-32(18(2)14-31)26(34)30(4)15-20-6-7-20/h5,8,11-13,18,20H,6-7,9-10,14-16H2,1-4H3,(H,29,33)/t18-/m0/s1. The van der Waals surface area contributed by atoms with E-state index in [2.05, 4.69) is 22.1 Å². The number of nitrogens with zero attached hydrogens (tertiary/aromatic N) is 4. The summed E-state index contributed by atoms with van der Waals surface area (Å²) in [6.07, 6.45) is 4.06. The second kappa shape index (κ2) is 10.3. The lowest BCUT2D eigenvalue weighted by Crippen LogP contribution is -2.56. The topological polar surface area (TPSA) is 68.8 Å². The summed E-state index contributed by atoms with van der Waals surface area (Å²) in [4.78, 5) is 36.0. The van der Waals surface area contributed by atoms with Gasteiger partial charge in [-0.1, -0.05) is 11.6 Å². The first kappa shape index (κ1) is 24.5. The highest BCUT2D eigenvalue weighted by Crippen LogP contribution is 2.30. The van der Waals surface area contributed by atoms with Gasteiger partial charge in [-0.25, -0.2) is 4.79 Å². The molecular formula is C26H34ClN5O2. The number of aromatic nitrogens is 1. The van der Waals surface area contributed by atoms with Crippen LogP contribution in [0.15, 0.2) is 30.5 Å². The third kappa shape index (κ3) is 5.88. The van der Waals surface area contributed by atoms with E-state index < -0.39 is 0 Å². The zero-order valence-corrected chi connectivity index (χ0v) is 21.2. The summed E-state index contributed by atoms with van der Waals surface area (Å²) in [6, 6.07) is 7.60. The predicted octanol–water partition coefficient (Wildman–Crippen LogP) is 4.57. The van der Waals surface area contributed by atoms with Crippen LogP contribution in [0.25, 0.3) is 0 Å². The SMILES string of the molecule is Cc1ccc(C(=O)Nc2cc(Cl)cc(CN3CCN(C(=O)N(C)CC4CC4)[C@@H](C)C3)c2C)cn1. The van der Waals surface area contributed by atoms with Crippen molar-refractivity contribution in [3.05, 3.63) is 57.9 Å². The second-order valence-corrected chi connectivity index (χ2v) is 10.2. The van der Waals surface area contributed by atoms with E-state index >= 15 is 0 Å². The van der Waals surface area contributed by atoms with Crippen molar-refractivity contribution >= 4 is 29.2 Å². The molecule has 2 aliphatic rings. The molecule has 1 N–H and O–H groups in total. The minimum Gasteiger partial charge on any atom is -0.327 e. The van der Waals surface area contributed by atoms with Crippen molar-refractivity contribution in [2.45, 2.75) is 46.2 Å². The van der Waals surface area contributed by atoms with E-state index in [0.717, 1.165) is 36.5 Å². The normalized spacial score (nSPS) is 18.6. The van der Waals surface area contributed by atoms with Crippen molar-refractivity contribution in [3.63, 3.8) is 0 Å². The van der Waals surface area contributed by atoms with E-state index in [1.165, 1.54) is 12.8 Å². The first-order valence-corrected chi connectivity index (χ1v) is 12.4. The van der Waals surface area contributed by atoms with Crippen LogP contribution in [0.3, 0.4) is 0 Å². The molecule has 1 aromatic carbocycles. The summed E-state index contributed by atoms with van der Waals surface area (Å²) in [5.41, 5.74) is 4.14. The third-order valence-electron chi connectivity index (χ3n) is 6.81. The Balaban J connectivity index is 1.40. The minimum absolute atomic E-state index is 0.133. The lowest BCUT2D eigenvalue weighted by Gasteiger charge is -2.41. The molecule has 2 heterocycles. The number of amides is 3. The number of piperazine rings is 1. The number of hydrogen-bond acceptors (Lipinski definition) is 4. The molecule has 0 unspecified atom stereocenters. The lowest BCUT2D eigenvalue weighted by molar-refractivity contribution is 0.0810. The second-order valence-electron chi connectivity index (χ2n) is 9.76. The molecule has 4 rings (SSSR count). The number of anilines is 1. The van der Waals surface area contributed by atoms with Crippen LogP contribution in [0, 0.1) is 19.8 Å². The highest BCUT2D eigenvalue weighted by molar-refractivity contribution is 6.31. The summed E-state index contributed by atoms with van der Waals surface area (Å²) in [5, 5.41) is 3.57. The number of rotatable bonds is 6. The van der Waals surface area contributed by atoms with Crippen molar-refractivity contribution in [1.82, 2.24) is 19.7 Å². The van der Waals surface area contributed by atoms with Crippen LogP contribution in [0.4, 0.5) is 10.5 Å². The summed E-state index contributed by atoms with van der Waals surface area (Å²) in [6.45, 7) is 9.89. The van der Waals surface area contributed by atoms with Crippen LogP contribution >= 0.6 is 11.6 Å². The molecule has 1 aliphatic heterocycles. The van der Waals surface area contributed by atoms with Crippen molar-refractivity contribution in [2.24, 2.45) is 5.92 Å². The summed E-state index contributed by atoms with van der Waals surface area (Å²) >= 11 is 6.42. The Hall–Kier alpha value is -2.64. The molecule has 8 heteroatoms. The Morgan fingerprint density at radius 3 is 2.62 bits per heavy atom. The van der Waals surface area contributed by atoms with Gasteiger partial charge in [0, 0.05) is 68.4 Å². The van der Waals surface area contributed by atoms with E-state index in [1.807, 2.05) is 42.8 Å². The number of halogens is 1. The van der Waals surface area contributed by atoms with Gasteiger partial charge in [-0.2, -0.15) is 0 Å². The highest BCUT2D eigenvalue weighted by Gasteiger charge is 2.32. The maximum Gasteiger partial charge on any atom is 0.320 e. The van der Waals surface area contributed by atoms with Gasteiger partial charge in [0.05, 0.1) is 5.56 Å². The summed E-state index contributed by atoms with van der Waals surface area (Å²) in [5.74, 6) is 0.480. The number of carbonyl (C=O) groups is 2.